The number of aromatic nitrogens is 2. The number of aryl methyl sites for hydroxylation is 1. The van der Waals surface area contributed by atoms with Crippen LogP contribution in [-0.2, 0) is 0 Å². The van der Waals surface area contributed by atoms with E-state index >= 15 is 0 Å². The fraction of sp³-hybridized carbons (Fsp3) is 0.0189. The van der Waals surface area contributed by atoms with Gasteiger partial charge in [-0.1, -0.05) is 103 Å². The largest absolute Gasteiger partial charge is 0.308 e. The molecule has 0 atom stereocenters. The van der Waals surface area contributed by atoms with Crippen molar-refractivity contribution < 1.29 is 0 Å². The van der Waals surface area contributed by atoms with Gasteiger partial charge in [0.25, 0.3) is 0 Å². The fourth-order valence-corrected chi connectivity index (χ4v) is 8.68. The predicted molar refractivity (Wildman–Crippen MR) is 240 cm³/mol. The van der Waals surface area contributed by atoms with E-state index in [9.17, 15) is 5.26 Å². The van der Waals surface area contributed by atoms with Gasteiger partial charge >= 0.3 is 0 Å². The average Bonchev–Trinajstić information content (AvgIpc) is 3.80. The zero-order valence-electron chi connectivity index (χ0n) is 31.8. The van der Waals surface area contributed by atoms with Crippen LogP contribution in [0.2, 0.25) is 0 Å². The first-order chi connectivity index (χ1) is 29.0. The van der Waals surface area contributed by atoms with Crippen molar-refractivity contribution in [1.29, 1.82) is 5.26 Å². The average molecular weight is 751 g/mol. The quantitative estimate of drug-likeness (QED) is 0.162. The number of rotatable bonds is 5. The monoisotopic (exact) mass is 750 g/mol. The molecule has 6 heteroatoms. The zero-order chi connectivity index (χ0) is 40.2. The second kappa shape index (κ2) is 13.8. The molecule has 2 aromatic heterocycles. The minimum Gasteiger partial charge on any atom is -0.308 e. The summed E-state index contributed by atoms with van der Waals surface area (Å²) in [6, 6.07) is 57.0. The first kappa shape index (κ1) is 34.8. The molecular formula is C53H30N6. The first-order valence-electron chi connectivity index (χ1n) is 19.1. The van der Waals surface area contributed by atoms with Crippen LogP contribution >= 0.6 is 0 Å². The van der Waals surface area contributed by atoms with Gasteiger partial charge in [0.15, 0.2) is 17.1 Å². The van der Waals surface area contributed by atoms with Gasteiger partial charge in [0.05, 0.1) is 64.8 Å². The Kier molecular flexibility index (Phi) is 8.14. The Hall–Kier alpha value is -8.68. The summed E-state index contributed by atoms with van der Waals surface area (Å²) in [5.74, 6) is 0. The van der Waals surface area contributed by atoms with Crippen LogP contribution in [0.1, 0.15) is 11.1 Å². The molecule has 0 aliphatic heterocycles. The van der Waals surface area contributed by atoms with E-state index in [2.05, 4.69) is 96.5 Å². The normalized spacial score (nSPS) is 11.1. The topological polar surface area (TPSA) is 46.7 Å². The van der Waals surface area contributed by atoms with Gasteiger partial charge in [0.2, 0.25) is 0 Å². The van der Waals surface area contributed by atoms with Crippen molar-refractivity contribution >= 4 is 60.7 Å². The summed E-state index contributed by atoms with van der Waals surface area (Å²) < 4.78 is 4.53. The molecule has 8 aromatic carbocycles. The van der Waals surface area contributed by atoms with Crippen LogP contribution < -0.4 is 0 Å². The molecule has 6 nitrogen and oxygen atoms in total. The number of nitrogens with zero attached hydrogens (tertiary/aromatic N) is 6. The van der Waals surface area contributed by atoms with Gasteiger partial charge in [-0.3, -0.25) is 0 Å². The van der Waals surface area contributed by atoms with Gasteiger partial charge < -0.3 is 9.13 Å². The van der Waals surface area contributed by atoms with Crippen LogP contribution in [0, 0.1) is 38.0 Å². The molecule has 0 fully saturated rings. The molecule has 0 N–H and O–H groups in total. The van der Waals surface area contributed by atoms with Gasteiger partial charge in [0.1, 0.15) is 0 Å². The summed E-state index contributed by atoms with van der Waals surface area (Å²) >= 11 is 0. The molecule has 0 amide bonds. The standard InChI is InChI=1S/C53H30N6/c1-33-25-34(32-54)27-37(26-33)42-30-52(58-48-19-11-7-15-40(48)43-28-35(21-23-50(43)58)38-13-5-9-17-45(38)55-2)53(31-47(42)57-4)59-49-20-12-8-16-41(49)44-29-36(22-24-51(44)59)39-14-6-10-18-46(39)56-3/h5-31H,1H3. The number of hydrogen-bond donors (Lipinski definition) is 0. The lowest BCUT2D eigenvalue weighted by molar-refractivity contribution is 1.10. The highest BCUT2D eigenvalue weighted by atomic mass is 15.1. The van der Waals surface area contributed by atoms with Crippen LogP contribution in [0.4, 0.5) is 17.1 Å². The Bertz CT molecular complexity index is 3570. The van der Waals surface area contributed by atoms with Gasteiger partial charge in [-0.25, -0.2) is 14.5 Å². The van der Waals surface area contributed by atoms with Gasteiger partial charge in [0, 0.05) is 21.5 Å². The molecule has 272 valence electrons. The van der Waals surface area contributed by atoms with Crippen LogP contribution in [0.15, 0.2) is 164 Å². The van der Waals surface area contributed by atoms with Crippen molar-refractivity contribution in [3.63, 3.8) is 0 Å². The first-order valence-corrected chi connectivity index (χ1v) is 19.1. The summed E-state index contributed by atoms with van der Waals surface area (Å²) in [5, 5.41) is 14.1. The van der Waals surface area contributed by atoms with Crippen LogP contribution in [0.5, 0.6) is 0 Å². The maximum atomic E-state index is 9.98. The lowest BCUT2D eigenvalue weighted by Crippen LogP contribution is -2.04. The van der Waals surface area contributed by atoms with Crippen molar-refractivity contribution in [1.82, 2.24) is 9.13 Å². The molecule has 0 unspecified atom stereocenters. The minimum atomic E-state index is 0.464. The van der Waals surface area contributed by atoms with E-state index in [4.69, 9.17) is 19.7 Å². The van der Waals surface area contributed by atoms with Crippen molar-refractivity contribution in [3.8, 4) is 50.8 Å². The molecule has 2 heterocycles. The highest BCUT2D eigenvalue weighted by Gasteiger charge is 2.23. The maximum absolute atomic E-state index is 9.98. The van der Waals surface area contributed by atoms with E-state index in [0.717, 1.165) is 93.9 Å². The Morgan fingerprint density at radius 1 is 0.424 bits per heavy atom. The highest BCUT2D eigenvalue weighted by molar-refractivity contribution is 6.13. The Morgan fingerprint density at radius 3 is 1.42 bits per heavy atom. The zero-order valence-corrected chi connectivity index (χ0v) is 31.8. The molecule has 0 saturated carbocycles. The smallest absolute Gasteiger partial charge is 0.197 e. The van der Waals surface area contributed by atoms with E-state index in [1.54, 1.807) is 0 Å². The van der Waals surface area contributed by atoms with E-state index in [-0.39, 0.29) is 0 Å². The van der Waals surface area contributed by atoms with Crippen molar-refractivity contribution in [2.45, 2.75) is 6.92 Å². The molecule has 10 rings (SSSR count). The number of benzene rings is 8. The van der Waals surface area contributed by atoms with Crippen LogP contribution in [-0.4, -0.2) is 9.13 Å². The number of para-hydroxylation sites is 4. The number of fused-ring (bicyclic) bond motifs is 6. The van der Waals surface area contributed by atoms with Crippen molar-refractivity contribution in [2.24, 2.45) is 0 Å². The van der Waals surface area contributed by atoms with Crippen molar-refractivity contribution in [3.05, 3.63) is 209 Å². The third-order valence-electron chi connectivity index (χ3n) is 11.2. The van der Waals surface area contributed by atoms with E-state index < -0.39 is 0 Å². The molecule has 0 radical (unpaired) electrons. The molecule has 10 aromatic rings. The highest BCUT2D eigenvalue weighted by Crippen LogP contribution is 2.45. The molecule has 0 saturated heterocycles. The summed E-state index contributed by atoms with van der Waals surface area (Å²) in [6.45, 7) is 26.2. The van der Waals surface area contributed by atoms with Gasteiger partial charge in [-0.05, 0) is 107 Å². The van der Waals surface area contributed by atoms with E-state index in [0.29, 0.717) is 22.6 Å². The molecule has 59 heavy (non-hydrogen) atoms. The van der Waals surface area contributed by atoms with Crippen molar-refractivity contribution in [2.75, 3.05) is 0 Å². The number of nitriles is 1. The summed E-state index contributed by atoms with van der Waals surface area (Å²) in [5.41, 5.74) is 13.9. The SMILES string of the molecule is [C-]#[N+]c1ccccc1-c1ccc2c(c1)c1ccccc1n2-c1cc([N+]#[C-])c(-c2cc(C)cc(C#N)c2)cc1-n1c2ccccc2c2cc(-c3ccccc3[N+]#[C-])ccc21. The van der Waals surface area contributed by atoms with Gasteiger partial charge in [-0.2, -0.15) is 5.26 Å². The summed E-state index contributed by atoms with van der Waals surface area (Å²) in [6.07, 6.45) is 0. The second-order valence-electron chi connectivity index (χ2n) is 14.6. The molecule has 0 spiro atoms. The van der Waals surface area contributed by atoms with E-state index in [1.165, 1.54) is 0 Å². The maximum Gasteiger partial charge on any atom is 0.197 e. The minimum absolute atomic E-state index is 0.464. The van der Waals surface area contributed by atoms with Crippen LogP contribution in [0.3, 0.4) is 0 Å². The van der Waals surface area contributed by atoms with Gasteiger partial charge in [-0.15, -0.1) is 0 Å². The summed E-state index contributed by atoms with van der Waals surface area (Å²) in [7, 11) is 0. The Balaban J connectivity index is 1.33. The number of hydrogen-bond acceptors (Lipinski definition) is 1. The molecular weight excluding hydrogens is 721 g/mol. The second-order valence-corrected chi connectivity index (χ2v) is 14.6. The summed E-state index contributed by atoms with van der Waals surface area (Å²) in [4.78, 5) is 11.8. The Labute approximate surface area is 340 Å². The van der Waals surface area contributed by atoms with E-state index in [1.807, 2.05) is 104 Å². The van der Waals surface area contributed by atoms with Crippen LogP contribution in [0.25, 0.3) is 103 Å². The predicted octanol–water partition coefficient (Wildman–Crippen LogP) is 14.7. The molecule has 0 aliphatic carbocycles. The lowest BCUT2D eigenvalue weighted by atomic mass is 9.97. The molecule has 0 aliphatic rings. The lowest BCUT2D eigenvalue weighted by Gasteiger charge is -2.20. The fourth-order valence-electron chi connectivity index (χ4n) is 8.68. The third kappa shape index (κ3) is 5.53. The third-order valence-corrected chi connectivity index (χ3v) is 11.2. The molecule has 0 bridgehead atoms. The Morgan fingerprint density at radius 2 is 0.898 bits per heavy atom.